The summed E-state index contributed by atoms with van der Waals surface area (Å²) in [5.74, 6) is -0.0230. The lowest BCUT2D eigenvalue weighted by molar-refractivity contribution is -0.118. The number of hydrogen-bond donors (Lipinski definition) is 2. The van der Waals surface area contributed by atoms with Crippen molar-refractivity contribution in [3.63, 3.8) is 0 Å². The average molecular weight is 497 g/mol. The molecule has 7 heteroatoms. The zero-order valence-corrected chi connectivity index (χ0v) is 21.2. The van der Waals surface area contributed by atoms with Crippen LogP contribution in [0.15, 0.2) is 78.9 Å². The number of benzene rings is 3. The van der Waals surface area contributed by atoms with Crippen molar-refractivity contribution in [2.75, 3.05) is 23.3 Å². The number of likely N-dealkylation sites (tertiary alicyclic amines) is 1. The van der Waals surface area contributed by atoms with E-state index in [1.54, 1.807) is 17.0 Å². The number of nitrogens with one attached hydrogen (secondary N) is 2. The summed E-state index contributed by atoms with van der Waals surface area (Å²) in [7, 11) is 0. The summed E-state index contributed by atoms with van der Waals surface area (Å²) in [6.45, 7) is 4.98. The van der Waals surface area contributed by atoms with Gasteiger partial charge in [0.1, 0.15) is 0 Å². The van der Waals surface area contributed by atoms with E-state index in [2.05, 4.69) is 23.6 Å². The third-order valence-corrected chi connectivity index (χ3v) is 7.17. The Morgan fingerprint density at radius 2 is 1.54 bits per heavy atom. The van der Waals surface area contributed by atoms with Crippen LogP contribution in [0.1, 0.15) is 59.0 Å². The Morgan fingerprint density at radius 1 is 0.865 bits per heavy atom. The number of carbonyl (C=O) groups is 3. The van der Waals surface area contributed by atoms with Crippen molar-refractivity contribution in [1.29, 1.82) is 0 Å². The quantitative estimate of drug-likeness (QED) is 0.521. The number of amides is 3. The Kier molecular flexibility index (Phi) is 6.95. The van der Waals surface area contributed by atoms with Crippen molar-refractivity contribution < 1.29 is 14.4 Å². The third kappa shape index (κ3) is 5.07. The van der Waals surface area contributed by atoms with Crippen LogP contribution in [0, 0.1) is 0 Å². The minimum absolute atomic E-state index is 0.0369. The first kappa shape index (κ1) is 24.6. The molecule has 2 aliphatic heterocycles. The Balaban J connectivity index is 1.19. The van der Waals surface area contributed by atoms with Crippen LogP contribution in [0.4, 0.5) is 11.4 Å². The van der Waals surface area contributed by atoms with Crippen molar-refractivity contribution in [1.82, 2.24) is 10.2 Å². The topological polar surface area (TPSA) is 81.8 Å². The van der Waals surface area contributed by atoms with Gasteiger partial charge in [0.05, 0.1) is 12.1 Å². The Hall–Kier alpha value is -4.13. The summed E-state index contributed by atoms with van der Waals surface area (Å²) in [5.41, 5.74) is 4.23. The normalized spacial score (nSPS) is 19.0. The molecule has 5 rings (SSSR count). The number of hydrogen-bond acceptors (Lipinski definition) is 4. The maximum atomic E-state index is 12.9. The summed E-state index contributed by atoms with van der Waals surface area (Å²) in [6, 6.07) is 24.8. The molecule has 0 aromatic heterocycles. The second-order valence-electron chi connectivity index (χ2n) is 9.78. The SMILES string of the molecule is CCC(=O)N1c2ccccc2[C@H](Nc2ccc(C(=O)N3CC(NC(=O)c4ccccc4)C3)cc2)C[C@@H]1C. The van der Waals surface area contributed by atoms with E-state index in [0.29, 0.717) is 30.6 Å². The lowest BCUT2D eigenvalue weighted by Gasteiger charge is -2.40. The first-order valence-electron chi connectivity index (χ1n) is 12.9. The van der Waals surface area contributed by atoms with Gasteiger partial charge in [0.2, 0.25) is 5.91 Å². The van der Waals surface area contributed by atoms with Gasteiger partial charge < -0.3 is 20.4 Å². The molecule has 0 aliphatic carbocycles. The van der Waals surface area contributed by atoms with Gasteiger partial charge in [-0.05, 0) is 61.4 Å². The van der Waals surface area contributed by atoms with E-state index >= 15 is 0 Å². The molecule has 0 bridgehead atoms. The predicted molar refractivity (Wildman–Crippen MR) is 145 cm³/mol. The molecule has 190 valence electrons. The Labute approximate surface area is 217 Å². The number of para-hydroxylation sites is 1. The molecule has 2 N–H and O–H groups in total. The second kappa shape index (κ2) is 10.5. The van der Waals surface area contributed by atoms with Gasteiger partial charge in [0, 0.05) is 48.1 Å². The van der Waals surface area contributed by atoms with Gasteiger partial charge in [0.15, 0.2) is 0 Å². The summed E-state index contributed by atoms with van der Waals surface area (Å²) in [6.07, 6.45) is 1.27. The van der Waals surface area contributed by atoms with E-state index in [1.807, 2.05) is 72.5 Å². The van der Waals surface area contributed by atoms with Crippen molar-refractivity contribution in [3.8, 4) is 0 Å². The molecule has 2 atom stereocenters. The van der Waals surface area contributed by atoms with Gasteiger partial charge in [-0.1, -0.05) is 43.3 Å². The van der Waals surface area contributed by atoms with Crippen LogP contribution in [0.25, 0.3) is 0 Å². The molecule has 2 aliphatic rings. The van der Waals surface area contributed by atoms with Crippen molar-refractivity contribution in [2.45, 2.75) is 44.8 Å². The van der Waals surface area contributed by atoms with Crippen LogP contribution < -0.4 is 15.5 Å². The number of nitrogens with zero attached hydrogens (tertiary/aromatic N) is 2. The molecular weight excluding hydrogens is 464 g/mol. The number of carbonyl (C=O) groups excluding carboxylic acids is 3. The van der Waals surface area contributed by atoms with Gasteiger partial charge in [-0.25, -0.2) is 0 Å². The molecule has 2 heterocycles. The molecule has 1 saturated heterocycles. The van der Waals surface area contributed by atoms with Gasteiger partial charge >= 0.3 is 0 Å². The molecular formula is C30H32N4O3. The fourth-order valence-corrected chi connectivity index (χ4v) is 5.19. The van der Waals surface area contributed by atoms with Crippen LogP contribution in [0.3, 0.4) is 0 Å². The smallest absolute Gasteiger partial charge is 0.253 e. The summed E-state index contributed by atoms with van der Waals surface area (Å²) in [5, 5.41) is 6.58. The van der Waals surface area contributed by atoms with E-state index in [9.17, 15) is 14.4 Å². The fourth-order valence-electron chi connectivity index (χ4n) is 5.19. The zero-order valence-electron chi connectivity index (χ0n) is 21.2. The molecule has 3 aromatic carbocycles. The van der Waals surface area contributed by atoms with Crippen LogP contribution in [-0.4, -0.2) is 47.8 Å². The second-order valence-corrected chi connectivity index (χ2v) is 9.78. The van der Waals surface area contributed by atoms with Gasteiger partial charge in [0.25, 0.3) is 11.8 Å². The highest BCUT2D eigenvalue weighted by Crippen LogP contribution is 2.39. The lowest BCUT2D eigenvalue weighted by atomic mass is 9.91. The van der Waals surface area contributed by atoms with E-state index in [-0.39, 0.29) is 35.8 Å². The average Bonchev–Trinajstić information content (AvgIpc) is 2.90. The van der Waals surface area contributed by atoms with Gasteiger partial charge in [-0.2, -0.15) is 0 Å². The van der Waals surface area contributed by atoms with Crippen molar-refractivity contribution in [2.24, 2.45) is 0 Å². The van der Waals surface area contributed by atoms with Gasteiger partial charge in [-0.3, -0.25) is 14.4 Å². The highest BCUT2D eigenvalue weighted by Gasteiger charge is 2.34. The summed E-state index contributed by atoms with van der Waals surface area (Å²) < 4.78 is 0. The molecule has 0 saturated carbocycles. The standard InChI is InChI=1S/C30H32N4O3/c1-3-28(35)34-20(2)17-26(25-11-7-8-12-27(25)34)31-23-15-13-22(14-16-23)30(37)33-18-24(19-33)32-29(36)21-9-5-4-6-10-21/h4-16,20,24,26,31H,3,17-19H2,1-2H3,(H,32,36)/t20-,26+/m0/s1. The number of fused-ring (bicyclic) bond motifs is 1. The Bertz CT molecular complexity index is 1290. The van der Waals surface area contributed by atoms with Crippen LogP contribution in [-0.2, 0) is 4.79 Å². The molecule has 0 spiro atoms. The van der Waals surface area contributed by atoms with E-state index in [4.69, 9.17) is 0 Å². The summed E-state index contributed by atoms with van der Waals surface area (Å²) >= 11 is 0. The first-order valence-corrected chi connectivity index (χ1v) is 12.9. The molecule has 37 heavy (non-hydrogen) atoms. The van der Waals surface area contributed by atoms with Gasteiger partial charge in [-0.15, -0.1) is 0 Å². The molecule has 3 amide bonds. The fraction of sp³-hybridized carbons (Fsp3) is 0.300. The minimum atomic E-state index is -0.117. The van der Waals surface area contributed by atoms with Crippen molar-refractivity contribution in [3.05, 3.63) is 95.6 Å². The first-order chi connectivity index (χ1) is 17.9. The van der Waals surface area contributed by atoms with Crippen molar-refractivity contribution >= 4 is 29.1 Å². The van der Waals surface area contributed by atoms with Crippen LogP contribution >= 0.6 is 0 Å². The third-order valence-electron chi connectivity index (χ3n) is 7.17. The van der Waals surface area contributed by atoms with E-state index in [1.165, 1.54) is 0 Å². The highest BCUT2D eigenvalue weighted by molar-refractivity contribution is 5.97. The Morgan fingerprint density at radius 3 is 2.24 bits per heavy atom. The molecule has 0 radical (unpaired) electrons. The number of rotatable bonds is 6. The minimum Gasteiger partial charge on any atom is -0.378 e. The van der Waals surface area contributed by atoms with Crippen LogP contribution in [0.5, 0.6) is 0 Å². The lowest BCUT2D eigenvalue weighted by Crippen LogP contribution is -2.60. The molecule has 7 nitrogen and oxygen atoms in total. The number of anilines is 2. The van der Waals surface area contributed by atoms with E-state index < -0.39 is 0 Å². The van der Waals surface area contributed by atoms with Crippen LogP contribution in [0.2, 0.25) is 0 Å². The molecule has 1 fully saturated rings. The monoisotopic (exact) mass is 496 g/mol. The molecule has 0 unspecified atom stereocenters. The van der Waals surface area contributed by atoms with E-state index in [0.717, 1.165) is 23.4 Å². The maximum absolute atomic E-state index is 12.9. The largest absolute Gasteiger partial charge is 0.378 e. The summed E-state index contributed by atoms with van der Waals surface area (Å²) in [4.78, 5) is 41.5. The predicted octanol–water partition coefficient (Wildman–Crippen LogP) is 4.63. The zero-order chi connectivity index (χ0) is 25.9. The molecule has 3 aromatic rings. The highest BCUT2D eigenvalue weighted by atomic mass is 16.2. The maximum Gasteiger partial charge on any atom is 0.253 e.